The van der Waals surface area contributed by atoms with Crippen LogP contribution in [-0.2, 0) is 12.8 Å². The third-order valence-corrected chi connectivity index (χ3v) is 2.52. The summed E-state index contributed by atoms with van der Waals surface area (Å²) in [6.45, 7) is 6.17. The molecule has 92 valence electrons. The van der Waals surface area contributed by atoms with Crippen molar-refractivity contribution in [3.8, 4) is 0 Å². The molecule has 1 aromatic rings. The number of hydrazone groups is 2. The maximum atomic E-state index is 4.14. The first kappa shape index (κ1) is 13.4. The molecule has 0 bridgehead atoms. The third-order valence-electron chi connectivity index (χ3n) is 2.52. The summed E-state index contributed by atoms with van der Waals surface area (Å²) in [5.41, 5.74) is 6.46. The number of nitrogens with one attached hydrogen (secondary N) is 1. The van der Waals surface area contributed by atoms with Crippen LogP contribution in [0.1, 0.15) is 38.3 Å². The Balaban J connectivity index is 0.000000686. The molecule has 0 atom stereocenters. The normalized spacial score (nSPS) is 13.2. The molecule has 0 saturated carbocycles. The van der Waals surface area contributed by atoms with E-state index in [0.717, 1.165) is 25.0 Å². The summed E-state index contributed by atoms with van der Waals surface area (Å²) in [5.74, 6) is 0. The van der Waals surface area contributed by atoms with Gasteiger partial charge in [0.05, 0.1) is 0 Å². The topological polar surface area (TPSA) is 36.8 Å². The van der Waals surface area contributed by atoms with Crippen molar-refractivity contribution < 1.29 is 0 Å². The van der Waals surface area contributed by atoms with E-state index in [4.69, 9.17) is 0 Å². The number of aryl methyl sites for hydroxylation is 1. The van der Waals surface area contributed by atoms with Gasteiger partial charge in [-0.15, -0.1) is 0 Å². The highest BCUT2D eigenvalue weighted by Gasteiger charge is 2.03. The smallest absolute Gasteiger partial charge is 0.0496 e. The fourth-order valence-corrected chi connectivity index (χ4v) is 1.58. The lowest BCUT2D eigenvalue weighted by Gasteiger charge is -2.07. The minimum Gasteiger partial charge on any atom is -0.198 e. The average molecular weight is 231 g/mol. The van der Waals surface area contributed by atoms with Crippen LogP contribution in [-0.4, -0.2) is 11.9 Å². The summed E-state index contributed by atoms with van der Waals surface area (Å²) in [5, 5.41) is 7.97. The summed E-state index contributed by atoms with van der Waals surface area (Å²) in [7, 11) is 0. The maximum absolute atomic E-state index is 4.14. The van der Waals surface area contributed by atoms with Crippen LogP contribution in [0, 0.1) is 0 Å². The molecule has 0 radical (unpaired) electrons. The lowest BCUT2D eigenvalue weighted by molar-refractivity contribution is 0.790. The van der Waals surface area contributed by atoms with Gasteiger partial charge in [0.15, 0.2) is 0 Å². The van der Waals surface area contributed by atoms with Gasteiger partial charge in [0.25, 0.3) is 0 Å². The number of hydrogen-bond donors (Lipinski definition) is 1. The van der Waals surface area contributed by atoms with Crippen molar-refractivity contribution in [2.75, 3.05) is 0 Å². The molecule has 1 aliphatic rings. The Hall–Kier alpha value is -1.64. The number of nitrogens with zero attached hydrogens (tertiary/aromatic N) is 2. The van der Waals surface area contributed by atoms with Crippen LogP contribution in [0.15, 0.2) is 34.5 Å². The first-order valence-corrected chi connectivity index (χ1v) is 6.28. The van der Waals surface area contributed by atoms with Gasteiger partial charge in [0.1, 0.15) is 0 Å². The molecule has 0 aliphatic carbocycles. The average Bonchev–Trinajstić information content (AvgIpc) is 2.43. The first-order chi connectivity index (χ1) is 8.38. The highest BCUT2D eigenvalue weighted by molar-refractivity contribution is 5.97. The second kappa shape index (κ2) is 7.60. The Morgan fingerprint density at radius 2 is 1.76 bits per heavy atom. The molecule has 0 spiro atoms. The Labute approximate surface area is 104 Å². The van der Waals surface area contributed by atoms with E-state index >= 15 is 0 Å². The standard InChI is InChI=1S/C12H15N3.C2H6/c1-2-10-3-5-11(6-4-10)9-12-7-8-13-15-14-12;1-2/h3-6,8,15H,2,7,9H2,1H3;1-2H3. The van der Waals surface area contributed by atoms with Crippen LogP contribution in [0.25, 0.3) is 0 Å². The van der Waals surface area contributed by atoms with Crippen molar-refractivity contribution >= 4 is 11.9 Å². The van der Waals surface area contributed by atoms with Crippen molar-refractivity contribution in [3.63, 3.8) is 0 Å². The number of benzene rings is 1. The molecule has 0 unspecified atom stereocenters. The van der Waals surface area contributed by atoms with Gasteiger partial charge in [-0.2, -0.15) is 15.7 Å². The van der Waals surface area contributed by atoms with Crippen LogP contribution in [0.2, 0.25) is 0 Å². The van der Waals surface area contributed by atoms with E-state index in [1.165, 1.54) is 11.1 Å². The molecule has 3 heteroatoms. The minimum absolute atomic E-state index is 0.850. The SMILES string of the molecule is CC.CCc1ccc(CC2=NNN=CC2)cc1. The van der Waals surface area contributed by atoms with E-state index in [1.807, 2.05) is 20.1 Å². The van der Waals surface area contributed by atoms with Gasteiger partial charge in [0.2, 0.25) is 0 Å². The molecule has 0 amide bonds. The quantitative estimate of drug-likeness (QED) is 0.852. The molecule has 1 aromatic carbocycles. The third kappa shape index (κ3) is 4.39. The van der Waals surface area contributed by atoms with Crippen molar-refractivity contribution in [3.05, 3.63) is 35.4 Å². The Bertz CT molecular complexity index is 377. The van der Waals surface area contributed by atoms with Crippen LogP contribution >= 0.6 is 0 Å². The predicted octanol–water partition coefficient (Wildman–Crippen LogP) is 3.15. The van der Waals surface area contributed by atoms with E-state index in [0.29, 0.717) is 0 Å². The number of rotatable bonds is 3. The van der Waals surface area contributed by atoms with Crippen LogP contribution in [0.3, 0.4) is 0 Å². The predicted molar refractivity (Wildman–Crippen MR) is 74.6 cm³/mol. The second-order valence-corrected chi connectivity index (χ2v) is 3.64. The number of hydrogen-bond acceptors (Lipinski definition) is 3. The zero-order valence-corrected chi connectivity index (χ0v) is 10.9. The molecule has 0 saturated heterocycles. The lowest BCUT2D eigenvalue weighted by atomic mass is 10.0. The van der Waals surface area contributed by atoms with Crippen LogP contribution < -0.4 is 5.53 Å². The molecule has 0 fully saturated rings. The van der Waals surface area contributed by atoms with E-state index in [-0.39, 0.29) is 0 Å². The van der Waals surface area contributed by atoms with Crippen molar-refractivity contribution in [1.29, 1.82) is 0 Å². The molecule has 1 heterocycles. The molecule has 0 aromatic heterocycles. The Morgan fingerprint density at radius 3 is 2.29 bits per heavy atom. The van der Waals surface area contributed by atoms with Gasteiger partial charge in [-0.05, 0) is 17.5 Å². The summed E-state index contributed by atoms with van der Waals surface area (Å²) in [4.78, 5) is 0. The van der Waals surface area contributed by atoms with Crippen molar-refractivity contribution in [1.82, 2.24) is 5.53 Å². The largest absolute Gasteiger partial charge is 0.198 e. The molecule has 1 N–H and O–H groups in total. The van der Waals surface area contributed by atoms with Crippen molar-refractivity contribution in [2.45, 2.75) is 40.0 Å². The minimum atomic E-state index is 0.850. The fraction of sp³-hybridized carbons (Fsp3) is 0.429. The summed E-state index contributed by atoms with van der Waals surface area (Å²) >= 11 is 0. The highest BCUT2D eigenvalue weighted by atomic mass is 15.5. The zero-order chi connectivity index (χ0) is 12.5. The second-order valence-electron chi connectivity index (χ2n) is 3.64. The van der Waals surface area contributed by atoms with E-state index in [9.17, 15) is 0 Å². The van der Waals surface area contributed by atoms with Crippen molar-refractivity contribution in [2.24, 2.45) is 10.2 Å². The van der Waals surface area contributed by atoms with E-state index in [1.54, 1.807) is 0 Å². The molecular formula is C14H21N3. The fourth-order valence-electron chi connectivity index (χ4n) is 1.58. The monoisotopic (exact) mass is 231 g/mol. The molecule has 1 aliphatic heterocycles. The van der Waals surface area contributed by atoms with E-state index in [2.05, 4.69) is 46.9 Å². The molecule has 3 nitrogen and oxygen atoms in total. The van der Waals surface area contributed by atoms with Crippen LogP contribution in [0.5, 0.6) is 0 Å². The van der Waals surface area contributed by atoms with Gasteiger partial charge in [-0.1, -0.05) is 45.0 Å². The Morgan fingerprint density at radius 1 is 1.12 bits per heavy atom. The lowest BCUT2D eigenvalue weighted by Crippen LogP contribution is -2.14. The zero-order valence-electron chi connectivity index (χ0n) is 10.9. The van der Waals surface area contributed by atoms with E-state index < -0.39 is 0 Å². The van der Waals surface area contributed by atoms with Gasteiger partial charge >= 0.3 is 0 Å². The van der Waals surface area contributed by atoms with Gasteiger partial charge in [-0.25, -0.2) is 0 Å². The van der Waals surface area contributed by atoms with Gasteiger partial charge < -0.3 is 0 Å². The Kier molecular flexibility index (Phi) is 6.00. The van der Waals surface area contributed by atoms with Crippen LogP contribution in [0.4, 0.5) is 0 Å². The summed E-state index contributed by atoms with van der Waals surface area (Å²) < 4.78 is 0. The highest BCUT2D eigenvalue weighted by Crippen LogP contribution is 2.07. The molecular weight excluding hydrogens is 210 g/mol. The summed E-state index contributed by atoms with van der Waals surface area (Å²) in [6.07, 6.45) is 4.70. The molecule has 17 heavy (non-hydrogen) atoms. The van der Waals surface area contributed by atoms with Gasteiger partial charge in [-0.3, -0.25) is 0 Å². The maximum Gasteiger partial charge on any atom is 0.0496 e. The van der Waals surface area contributed by atoms with Gasteiger partial charge in [0, 0.05) is 24.8 Å². The molecule has 2 rings (SSSR count). The summed E-state index contributed by atoms with van der Waals surface area (Å²) in [6, 6.07) is 8.71. The first-order valence-electron chi connectivity index (χ1n) is 6.28.